The van der Waals surface area contributed by atoms with Crippen LogP contribution in [0.1, 0.15) is 225 Å². The smallest absolute Gasteiger partial charge is 0.318 e. The first kappa shape index (κ1) is 49.9. The van der Waals surface area contributed by atoms with Gasteiger partial charge >= 0.3 is 11.9 Å². The summed E-state index contributed by atoms with van der Waals surface area (Å²) in [4.78, 5) is 25.9. The number of esters is 2. The first-order chi connectivity index (χ1) is 31.5. The van der Waals surface area contributed by atoms with Crippen LogP contribution in [0.2, 0.25) is 0 Å². The summed E-state index contributed by atoms with van der Waals surface area (Å²) in [6, 6.07) is 0. The number of allylic oxidation sites excluding steroid dienone is 2. The average molecular weight is 906 g/mol. The molecule has 16 atom stereocenters. The summed E-state index contributed by atoms with van der Waals surface area (Å²) in [7, 11) is 0. The van der Waals surface area contributed by atoms with Gasteiger partial charge in [0.1, 0.15) is 25.0 Å². The van der Waals surface area contributed by atoms with Crippen LogP contribution < -0.4 is 0 Å². The minimum atomic E-state index is -0.260. The third-order valence-electron chi connectivity index (χ3n) is 21.8. The second-order valence-corrected chi connectivity index (χ2v) is 26.2. The van der Waals surface area contributed by atoms with Gasteiger partial charge in [0.25, 0.3) is 0 Å². The number of hydrogen-bond acceptors (Lipinski definition) is 4. The Morgan fingerprint density at radius 1 is 0.561 bits per heavy atom. The van der Waals surface area contributed by atoms with Gasteiger partial charge in [-0.05, 0) is 194 Å². The Hall–Kier alpha value is -2.46. The van der Waals surface area contributed by atoms with Crippen molar-refractivity contribution in [2.24, 2.45) is 92.7 Å². The summed E-state index contributed by atoms with van der Waals surface area (Å²) in [6.45, 7) is 25.1. The first-order valence-electron chi connectivity index (χ1n) is 28.2. The summed E-state index contributed by atoms with van der Waals surface area (Å²) in [5.41, 5.74) is 4.58. The molecule has 6 saturated carbocycles. The summed E-state index contributed by atoms with van der Waals surface area (Å²) < 4.78 is 12.1. The van der Waals surface area contributed by atoms with Crippen molar-refractivity contribution in [2.45, 2.75) is 236 Å². The molecule has 0 amide bonds. The summed E-state index contributed by atoms with van der Waals surface area (Å²) in [5.74, 6) is 20.8. The van der Waals surface area contributed by atoms with E-state index < -0.39 is 0 Å². The average Bonchev–Trinajstić information content (AvgIpc) is 3.81. The van der Waals surface area contributed by atoms with E-state index in [-0.39, 0.29) is 49.2 Å². The molecule has 16 unspecified atom stereocenters. The quantitative estimate of drug-likeness (QED) is 0.0990. The van der Waals surface area contributed by atoms with Crippen LogP contribution in [0.15, 0.2) is 23.3 Å². The van der Waals surface area contributed by atoms with E-state index in [0.29, 0.717) is 10.8 Å². The van der Waals surface area contributed by atoms with E-state index in [9.17, 15) is 9.59 Å². The Morgan fingerprint density at radius 2 is 0.970 bits per heavy atom. The molecule has 8 aliphatic rings. The fourth-order valence-corrected chi connectivity index (χ4v) is 18.3. The fourth-order valence-electron chi connectivity index (χ4n) is 18.3. The maximum atomic E-state index is 13.0. The molecule has 0 bridgehead atoms. The highest BCUT2D eigenvalue weighted by Gasteiger charge is 2.61. The number of carbonyl (C=O) groups excluding carboxylic acids is 2. The van der Waals surface area contributed by atoms with E-state index in [1.165, 1.54) is 103 Å². The van der Waals surface area contributed by atoms with Crippen molar-refractivity contribution in [3.05, 3.63) is 23.3 Å². The molecule has 0 aliphatic heterocycles. The molecule has 66 heavy (non-hydrogen) atoms. The highest BCUT2D eigenvalue weighted by Crippen LogP contribution is 2.69. The van der Waals surface area contributed by atoms with Crippen molar-refractivity contribution in [3.63, 3.8) is 0 Å². The summed E-state index contributed by atoms with van der Waals surface area (Å²) in [6.07, 6.45) is 32.9. The number of fused-ring (bicyclic) bond motifs is 10. The molecule has 6 fully saturated rings. The van der Waals surface area contributed by atoms with Crippen LogP contribution in [0, 0.1) is 116 Å². The Labute approximate surface area is 406 Å². The molecule has 4 heteroatoms. The van der Waals surface area contributed by atoms with E-state index in [0.717, 1.165) is 110 Å². The lowest BCUT2D eigenvalue weighted by Gasteiger charge is -2.58. The largest absolute Gasteiger partial charge is 0.461 e. The highest BCUT2D eigenvalue weighted by molar-refractivity contribution is 5.74. The number of ether oxygens (including phenoxy) is 2. The molecule has 0 aromatic rings. The van der Waals surface area contributed by atoms with E-state index in [2.05, 4.69) is 105 Å². The van der Waals surface area contributed by atoms with E-state index in [1.54, 1.807) is 11.1 Å². The summed E-state index contributed by atoms with van der Waals surface area (Å²) in [5, 5.41) is 0. The van der Waals surface area contributed by atoms with E-state index >= 15 is 0 Å². The van der Waals surface area contributed by atoms with Crippen molar-refractivity contribution in [1.82, 2.24) is 0 Å². The molecule has 0 aromatic heterocycles. The van der Waals surface area contributed by atoms with Crippen LogP contribution in [-0.2, 0) is 19.1 Å². The first-order valence-corrected chi connectivity index (χ1v) is 28.2. The van der Waals surface area contributed by atoms with Gasteiger partial charge in [-0.2, -0.15) is 0 Å². The molecule has 0 heterocycles. The molecule has 368 valence electrons. The molecule has 0 radical (unpaired) electrons. The van der Waals surface area contributed by atoms with Gasteiger partial charge in [-0.25, -0.2) is 0 Å². The lowest BCUT2D eigenvalue weighted by Crippen LogP contribution is -2.51. The Kier molecular flexibility index (Phi) is 15.5. The maximum Gasteiger partial charge on any atom is 0.318 e. The zero-order valence-corrected chi connectivity index (χ0v) is 43.8. The predicted octanol–water partition coefficient (Wildman–Crippen LogP) is 15.9. The third kappa shape index (κ3) is 9.95. The second kappa shape index (κ2) is 20.5. The number of carbonyl (C=O) groups is 2. The third-order valence-corrected chi connectivity index (χ3v) is 21.8. The van der Waals surface area contributed by atoms with Crippen molar-refractivity contribution < 1.29 is 20.5 Å². The van der Waals surface area contributed by atoms with Crippen LogP contribution in [0.25, 0.3) is 0 Å². The summed E-state index contributed by atoms with van der Waals surface area (Å²) >= 11 is 0. The van der Waals surface area contributed by atoms with Gasteiger partial charge in [-0.1, -0.05) is 143 Å². The topological polar surface area (TPSA) is 52.6 Å². The van der Waals surface area contributed by atoms with Crippen molar-refractivity contribution in [1.29, 1.82) is 0 Å². The van der Waals surface area contributed by atoms with Gasteiger partial charge in [0.05, 0.1) is 0 Å². The second-order valence-electron chi connectivity index (χ2n) is 26.2. The predicted molar refractivity (Wildman–Crippen MR) is 273 cm³/mol. The normalized spacial score (nSPS) is 40.8. The van der Waals surface area contributed by atoms with Gasteiger partial charge < -0.3 is 9.47 Å². The standard InChI is InChI=1S/C62H94O4.H2/c1-41(2)17-15-19-43(5)51-27-29-53-49-25-23-45-39-47(31-35-59(45,7)55(49)33-37-61(51,53)9)65-57(63)21-13-11-12-14-22-58(64)66-48-32-36-60(8)46(40-48)24-26-50-54-30-28-52(44(6)20-16-18-42(3)4)62(54,10)38-34-56(50)60;/h23-24,41-44,47-56H,15-22,25-40H2,1-10H3;1H/i;1+1. The minimum absolute atomic E-state index is 0. The molecule has 0 N–H and O–H groups in total. The van der Waals surface area contributed by atoms with E-state index in [4.69, 9.17) is 9.47 Å². The zero-order valence-electron chi connectivity index (χ0n) is 43.8. The van der Waals surface area contributed by atoms with Crippen molar-refractivity contribution >= 4 is 11.9 Å². The number of rotatable bonds is 14. The van der Waals surface area contributed by atoms with Crippen LogP contribution in [-0.4, -0.2) is 24.1 Å². The van der Waals surface area contributed by atoms with Crippen LogP contribution in [0.3, 0.4) is 0 Å². The zero-order chi connectivity index (χ0) is 47.0. The van der Waals surface area contributed by atoms with Crippen molar-refractivity contribution in [2.75, 3.05) is 0 Å². The molecule has 0 saturated heterocycles. The van der Waals surface area contributed by atoms with Crippen molar-refractivity contribution in [3.8, 4) is 23.7 Å². The Bertz CT molecular complexity index is 1800. The molecule has 8 rings (SSSR count). The fraction of sp³-hybridized carbons (Fsp3) is 0.839. The Balaban J connectivity index is 0.00000666. The van der Waals surface area contributed by atoms with Gasteiger partial charge in [-0.15, -0.1) is 0 Å². The minimum Gasteiger partial charge on any atom is -0.461 e. The lowest BCUT2D eigenvalue weighted by atomic mass is 9.47. The molecule has 0 aromatic carbocycles. The van der Waals surface area contributed by atoms with Gasteiger partial charge in [0, 0.05) is 14.3 Å². The SMILES string of the molecule is CC(C)CCCC(C)C1CCC2C3CC=C4CC(OC(=O)CC#CC#CCC(=O)OC5CCC6(C)C(=CCC7C6CCC6(C)C(C(C)CCCC(C)C)CCC76)C5)CCC4(C)C3CCC12C.[2HH]. The van der Waals surface area contributed by atoms with Gasteiger partial charge in [0.15, 0.2) is 0 Å². The van der Waals surface area contributed by atoms with Crippen LogP contribution >= 0.6 is 0 Å². The molecule has 8 aliphatic carbocycles. The van der Waals surface area contributed by atoms with Gasteiger partial charge in [0.2, 0.25) is 0 Å². The van der Waals surface area contributed by atoms with E-state index in [1.807, 2.05) is 0 Å². The van der Waals surface area contributed by atoms with Crippen LogP contribution in [0.5, 0.6) is 0 Å². The lowest BCUT2D eigenvalue weighted by molar-refractivity contribution is -0.151. The Morgan fingerprint density at radius 3 is 1.36 bits per heavy atom. The molecule has 4 nitrogen and oxygen atoms in total. The molecular formula is C62H96O4. The molecule has 0 spiro atoms. The highest BCUT2D eigenvalue weighted by atomic mass is 16.5. The number of hydrogen-bond donors (Lipinski definition) is 0. The van der Waals surface area contributed by atoms with Crippen LogP contribution in [0.4, 0.5) is 0 Å². The monoisotopic (exact) mass is 906 g/mol. The molecular weight excluding hydrogens is 809 g/mol. The maximum absolute atomic E-state index is 13.0. The van der Waals surface area contributed by atoms with Gasteiger partial charge in [-0.3, -0.25) is 9.59 Å².